The molecule has 2 N–H and O–H groups in total. The molecule has 4 rings (SSSR count). The van der Waals surface area contributed by atoms with Crippen molar-refractivity contribution in [2.45, 2.75) is 70.8 Å². The number of halogens is 1. The molecular weight excluding hydrogens is 347 g/mol. The molecule has 3 saturated carbocycles. The van der Waals surface area contributed by atoms with Crippen LogP contribution < -0.4 is 0 Å². The van der Waals surface area contributed by atoms with E-state index in [1.165, 1.54) is 19.1 Å². The first-order valence-electron chi connectivity index (χ1n) is 9.97. The summed E-state index contributed by atoms with van der Waals surface area (Å²) < 4.78 is 16.9. The molecule has 4 aliphatic rings. The van der Waals surface area contributed by atoms with E-state index in [0.717, 1.165) is 5.57 Å². The second kappa shape index (κ2) is 5.38. The van der Waals surface area contributed by atoms with Gasteiger partial charge in [-0.3, -0.25) is 9.59 Å². The van der Waals surface area contributed by atoms with Gasteiger partial charge in [0.25, 0.3) is 0 Å². The van der Waals surface area contributed by atoms with Crippen LogP contribution in [0, 0.1) is 28.6 Å². The number of ketones is 2. The smallest absolute Gasteiger partial charge is 0.178 e. The van der Waals surface area contributed by atoms with E-state index < -0.39 is 34.1 Å². The molecular formula is C22H29FO4. The van der Waals surface area contributed by atoms with Gasteiger partial charge in [-0.1, -0.05) is 25.5 Å². The number of hydrogen-bond acceptors (Lipinski definition) is 4. The van der Waals surface area contributed by atoms with Crippen LogP contribution in [0.25, 0.3) is 0 Å². The monoisotopic (exact) mass is 376 g/mol. The highest BCUT2D eigenvalue weighted by Gasteiger charge is 2.74. The summed E-state index contributed by atoms with van der Waals surface area (Å²) in [6.45, 7) is 7.01. The zero-order valence-electron chi connectivity index (χ0n) is 16.5. The predicted octanol–water partition coefficient (Wildman–Crippen LogP) is 2.92. The molecule has 0 aliphatic heterocycles. The Bertz CT molecular complexity index is 787. The first kappa shape index (κ1) is 19.0. The van der Waals surface area contributed by atoms with Crippen molar-refractivity contribution in [1.82, 2.24) is 0 Å². The summed E-state index contributed by atoms with van der Waals surface area (Å²) in [5.41, 5.74) is -4.59. The van der Waals surface area contributed by atoms with Crippen LogP contribution in [0.2, 0.25) is 0 Å². The fourth-order valence-electron chi connectivity index (χ4n) is 7.18. The minimum absolute atomic E-state index is 0.00153. The number of hydrogen-bond donors (Lipinski definition) is 2. The molecule has 8 atom stereocenters. The predicted molar refractivity (Wildman–Crippen MR) is 98.5 cm³/mol. The van der Waals surface area contributed by atoms with E-state index >= 15 is 4.39 Å². The summed E-state index contributed by atoms with van der Waals surface area (Å²) in [6.07, 6.45) is 4.68. The van der Waals surface area contributed by atoms with Gasteiger partial charge >= 0.3 is 0 Å². The number of fused-ring (bicyclic) bond motifs is 5. The highest BCUT2D eigenvalue weighted by atomic mass is 19.1. The molecule has 0 aromatic rings. The Kier molecular flexibility index (Phi) is 3.79. The zero-order chi connectivity index (χ0) is 20.0. The lowest BCUT2D eigenvalue weighted by molar-refractivity contribution is -0.219. The van der Waals surface area contributed by atoms with E-state index in [4.69, 9.17) is 0 Å². The topological polar surface area (TPSA) is 74.6 Å². The van der Waals surface area contributed by atoms with Crippen molar-refractivity contribution in [3.63, 3.8) is 0 Å². The summed E-state index contributed by atoms with van der Waals surface area (Å²) in [7, 11) is 0. The summed E-state index contributed by atoms with van der Waals surface area (Å²) in [5, 5.41) is 22.3. The maximum absolute atomic E-state index is 16.9. The van der Waals surface area contributed by atoms with Gasteiger partial charge in [-0.2, -0.15) is 0 Å². The van der Waals surface area contributed by atoms with Crippen LogP contribution in [0.1, 0.15) is 53.4 Å². The van der Waals surface area contributed by atoms with E-state index in [1.807, 2.05) is 13.8 Å². The Morgan fingerprint density at radius 2 is 1.96 bits per heavy atom. The largest absolute Gasteiger partial charge is 0.390 e. The van der Waals surface area contributed by atoms with Crippen LogP contribution in [0.3, 0.4) is 0 Å². The highest BCUT2D eigenvalue weighted by molar-refractivity contribution is 6.01. The van der Waals surface area contributed by atoms with E-state index in [-0.39, 0.29) is 29.8 Å². The molecule has 27 heavy (non-hydrogen) atoms. The number of aliphatic hydroxyl groups is 2. The molecule has 5 heteroatoms. The minimum Gasteiger partial charge on any atom is -0.390 e. The van der Waals surface area contributed by atoms with Gasteiger partial charge in [-0.15, -0.1) is 0 Å². The lowest BCUT2D eigenvalue weighted by Gasteiger charge is -2.63. The van der Waals surface area contributed by atoms with Crippen molar-refractivity contribution in [3.8, 4) is 0 Å². The Balaban J connectivity index is 1.86. The van der Waals surface area contributed by atoms with Gasteiger partial charge in [-0.25, -0.2) is 4.39 Å². The number of carbonyl (C=O) groups is 2. The van der Waals surface area contributed by atoms with Crippen molar-refractivity contribution in [3.05, 3.63) is 23.8 Å². The Labute approximate surface area is 159 Å². The van der Waals surface area contributed by atoms with Crippen molar-refractivity contribution >= 4 is 11.6 Å². The van der Waals surface area contributed by atoms with Gasteiger partial charge in [-0.05, 0) is 63.5 Å². The zero-order valence-corrected chi connectivity index (χ0v) is 16.5. The number of aliphatic hydroxyl groups excluding tert-OH is 1. The Morgan fingerprint density at radius 1 is 1.30 bits per heavy atom. The molecule has 0 bridgehead atoms. The van der Waals surface area contributed by atoms with Crippen molar-refractivity contribution in [2.75, 3.05) is 0 Å². The summed E-state index contributed by atoms with van der Waals surface area (Å²) >= 11 is 0. The molecule has 0 heterocycles. The van der Waals surface area contributed by atoms with E-state index in [1.54, 1.807) is 13.0 Å². The minimum atomic E-state index is -1.92. The highest BCUT2D eigenvalue weighted by Crippen LogP contribution is 2.70. The first-order chi connectivity index (χ1) is 12.4. The molecule has 0 aromatic heterocycles. The third-order valence-electron chi connectivity index (χ3n) is 8.70. The van der Waals surface area contributed by atoms with Crippen molar-refractivity contribution < 1.29 is 24.2 Å². The summed E-state index contributed by atoms with van der Waals surface area (Å²) in [4.78, 5) is 24.2. The Hall–Kier alpha value is -1.33. The molecule has 0 spiro atoms. The Morgan fingerprint density at radius 3 is 2.59 bits per heavy atom. The third kappa shape index (κ3) is 2.00. The van der Waals surface area contributed by atoms with E-state index in [2.05, 4.69) is 0 Å². The maximum atomic E-state index is 16.9. The van der Waals surface area contributed by atoms with Gasteiger partial charge in [0, 0.05) is 16.7 Å². The van der Waals surface area contributed by atoms with Gasteiger partial charge in [0.2, 0.25) is 0 Å². The molecule has 0 radical (unpaired) electrons. The SMILES string of the molecule is CC(=O)[C@@]1(O)CC[C@H]2[C@@H]3C[C@@H](C)C4=CC(=O)C=C[C@]4(C)[C@@]3(F)[C@@H](O)C[C@@]21C. The van der Waals surface area contributed by atoms with Gasteiger partial charge in [0.05, 0.1) is 6.10 Å². The molecule has 3 fully saturated rings. The standard InChI is InChI=1S/C22H29FO4/c1-12-9-17-15-6-8-21(27,13(2)24)20(15,4)11-18(26)22(17,23)19(3)7-5-14(25)10-16(12)19/h5,7,10,12,15,17-18,26-27H,6,8-9,11H2,1-4H3/t12-,15+,17+,18+,19+,20+,21+,22+/m1/s1. The molecule has 0 unspecified atom stereocenters. The molecule has 0 saturated heterocycles. The van der Waals surface area contributed by atoms with Crippen LogP contribution in [-0.2, 0) is 9.59 Å². The quantitative estimate of drug-likeness (QED) is 0.738. The van der Waals surface area contributed by atoms with Crippen LogP contribution in [0.5, 0.6) is 0 Å². The number of allylic oxidation sites excluding steroid dienone is 4. The van der Waals surface area contributed by atoms with Crippen LogP contribution in [-0.4, -0.2) is 39.2 Å². The second-order valence-electron chi connectivity index (χ2n) is 9.75. The molecule has 0 amide bonds. The molecule has 148 valence electrons. The van der Waals surface area contributed by atoms with E-state index in [9.17, 15) is 19.8 Å². The van der Waals surface area contributed by atoms with E-state index in [0.29, 0.717) is 19.3 Å². The molecule has 4 nitrogen and oxygen atoms in total. The summed E-state index contributed by atoms with van der Waals surface area (Å²) in [6, 6.07) is 0. The molecule has 4 aliphatic carbocycles. The lowest BCUT2D eigenvalue weighted by Crippen LogP contribution is -2.69. The van der Waals surface area contributed by atoms with Crippen LogP contribution in [0.4, 0.5) is 4.39 Å². The van der Waals surface area contributed by atoms with Gasteiger partial charge in [0.15, 0.2) is 17.2 Å². The van der Waals surface area contributed by atoms with Crippen molar-refractivity contribution in [2.24, 2.45) is 28.6 Å². The van der Waals surface area contributed by atoms with Gasteiger partial charge < -0.3 is 10.2 Å². The maximum Gasteiger partial charge on any atom is 0.178 e. The third-order valence-corrected chi connectivity index (χ3v) is 8.70. The molecule has 0 aromatic carbocycles. The van der Waals surface area contributed by atoms with Gasteiger partial charge in [0.1, 0.15) is 5.60 Å². The average Bonchev–Trinajstić information content (AvgIpc) is 2.85. The average molecular weight is 376 g/mol. The fraction of sp³-hybridized carbons (Fsp3) is 0.727. The number of carbonyl (C=O) groups excluding carboxylic acids is 2. The number of alkyl halides is 1. The van der Waals surface area contributed by atoms with Crippen molar-refractivity contribution in [1.29, 1.82) is 0 Å². The number of Topliss-reactive ketones (excluding diaryl/α,β-unsaturated/α-hetero) is 1. The fourth-order valence-corrected chi connectivity index (χ4v) is 7.18. The second-order valence-corrected chi connectivity index (χ2v) is 9.75. The van der Waals surface area contributed by atoms with Crippen LogP contribution in [0.15, 0.2) is 23.8 Å². The lowest BCUT2D eigenvalue weighted by atomic mass is 9.43. The van der Waals surface area contributed by atoms with Crippen LogP contribution >= 0.6 is 0 Å². The first-order valence-corrected chi connectivity index (χ1v) is 9.97. The number of rotatable bonds is 1. The summed E-state index contributed by atoms with van der Waals surface area (Å²) in [5.74, 6) is -1.11. The normalized spacial score (nSPS) is 54.0.